The molecule has 2 heterocycles. The van der Waals surface area contributed by atoms with E-state index in [9.17, 15) is 19.5 Å². The molecule has 0 bridgehead atoms. The summed E-state index contributed by atoms with van der Waals surface area (Å²) in [7, 11) is 2.74. The van der Waals surface area contributed by atoms with Crippen LogP contribution in [0, 0.1) is 6.92 Å². The fourth-order valence-corrected chi connectivity index (χ4v) is 5.94. The predicted molar refractivity (Wildman–Crippen MR) is 169 cm³/mol. The van der Waals surface area contributed by atoms with E-state index in [-0.39, 0.29) is 21.3 Å². The fraction of sp³-hybridized carbons (Fsp3) is 0.235. The first-order chi connectivity index (χ1) is 21.8. The van der Waals surface area contributed by atoms with Crippen molar-refractivity contribution in [1.29, 1.82) is 0 Å². The maximum atomic E-state index is 13.7. The highest BCUT2D eigenvalue weighted by Gasteiger charge is 2.48. The molecule has 1 aliphatic rings. The lowest BCUT2D eigenvalue weighted by molar-refractivity contribution is -0.132. The Labute approximate surface area is 264 Å². The zero-order valence-electron chi connectivity index (χ0n) is 25.2. The molecule has 0 spiro atoms. The molecule has 11 heteroatoms. The van der Waals surface area contributed by atoms with Crippen molar-refractivity contribution in [3.8, 4) is 17.2 Å². The van der Waals surface area contributed by atoms with Gasteiger partial charge in [0.1, 0.15) is 23.0 Å². The number of carbonyl (C=O) groups excluding carboxylic acids is 3. The van der Waals surface area contributed by atoms with E-state index in [2.05, 4.69) is 4.98 Å². The van der Waals surface area contributed by atoms with Gasteiger partial charge in [-0.3, -0.25) is 14.5 Å². The summed E-state index contributed by atoms with van der Waals surface area (Å²) in [6.45, 7) is 4.35. The number of methoxy groups -OCH3 is 2. The quantitative estimate of drug-likeness (QED) is 0.0889. The predicted octanol–water partition coefficient (Wildman–Crippen LogP) is 6.24. The van der Waals surface area contributed by atoms with Gasteiger partial charge in [0.25, 0.3) is 5.78 Å². The van der Waals surface area contributed by atoms with Crippen molar-refractivity contribution in [1.82, 2.24) is 4.98 Å². The molecule has 5 rings (SSSR count). The number of anilines is 1. The first kappa shape index (κ1) is 31.3. The number of aliphatic hydroxyl groups is 1. The van der Waals surface area contributed by atoms with Crippen molar-refractivity contribution in [2.45, 2.75) is 32.9 Å². The van der Waals surface area contributed by atoms with E-state index in [1.54, 1.807) is 49.4 Å². The molecule has 0 aliphatic carbocycles. The van der Waals surface area contributed by atoms with E-state index in [1.165, 1.54) is 19.1 Å². The van der Waals surface area contributed by atoms with Crippen molar-refractivity contribution >= 4 is 39.9 Å². The summed E-state index contributed by atoms with van der Waals surface area (Å²) >= 11 is 0.921. The van der Waals surface area contributed by atoms with Crippen LogP contribution < -0.4 is 19.1 Å². The largest absolute Gasteiger partial charge is 0.507 e. The van der Waals surface area contributed by atoms with E-state index in [4.69, 9.17) is 18.9 Å². The number of Topliss-reactive ketones (excluding diaryl/α,β-unsaturated/α-hetero) is 1. The van der Waals surface area contributed by atoms with Crippen LogP contribution in [0.4, 0.5) is 5.13 Å². The average Bonchev–Trinajstić information content (AvgIpc) is 3.58. The summed E-state index contributed by atoms with van der Waals surface area (Å²) in [6.07, 6.45) is 0.787. The molecule has 1 fully saturated rings. The van der Waals surface area contributed by atoms with Crippen LogP contribution in [0.1, 0.15) is 51.4 Å². The minimum absolute atomic E-state index is 0.0995. The van der Waals surface area contributed by atoms with E-state index >= 15 is 0 Å². The number of aryl methyl sites for hydroxylation is 1. The summed E-state index contributed by atoms with van der Waals surface area (Å²) in [5.41, 5.74) is 1.89. The van der Waals surface area contributed by atoms with Crippen LogP contribution in [-0.4, -0.2) is 48.6 Å². The second kappa shape index (κ2) is 13.6. The molecule has 10 nitrogen and oxygen atoms in total. The Kier molecular flexibility index (Phi) is 9.48. The molecule has 1 aromatic heterocycles. The Hall–Kier alpha value is -5.16. The van der Waals surface area contributed by atoms with E-state index < -0.39 is 23.7 Å². The summed E-state index contributed by atoms with van der Waals surface area (Å²) in [4.78, 5) is 45.6. The maximum absolute atomic E-state index is 13.7. The molecule has 1 N–H and O–H groups in total. The lowest BCUT2D eigenvalue weighted by atomic mass is 9.95. The van der Waals surface area contributed by atoms with Crippen molar-refractivity contribution < 1.29 is 38.4 Å². The molecular formula is C34H32N2O8S. The summed E-state index contributed by atoms with van der Waals surface area (Å²) in [5, 5.41) is 11.7. The molecule has 0 saturated carbocycles. The number of esters is 1. The Bertz CT molecular complexity index is 1770. The van der Waals surface area contributed by atoms with E-state index in [1.807, 2.05) is 37.3 Å². The standard InChI is InChI=1S/C34H32N2O8S/c1-5-16-43-24-13-9-12-23(17-24)29(37)27-28(36(32(39)30(27)38)34-35-20(2)31(45-34)33(40)42-4)22-14-15-25(26(18-22)41-3)44-19-21-10-7-6-8-11-21/h6-15,17-18,28,37H,5,16,19H2,1-4H3. The molecular weight excluding hydrogens is 596 g/mol. The van der Waals surface area contributed by atoms with Crippen LogP contribution in [0.5, 0.6) is 17.2 Å². The van der Waals surface area contributed by atoms with Crippen LogP contribution in [0.25, 0.3) is 5.76 Å². The van der Waals surface area contributed by atoms with Gasteiger partial charge in [0.2, 0.25) is 0 Å². The highest BCUT2D eigenvalue weighted by molar-refractivity contribution is 7.17. The first-order valence-electron chi connectivity index (χ1n) is 14.2. The van der Waals surface area contributed by atoms with Gasteiger partial charge in [-0.2, -0.15) is 0 Å². The normalized spacial score (nSPS) is 15.6. The smallest absolute Gasteiger partial charge is 0.350 e. The van der Waals surface area contributed by atoms with Gasteiger partial charge < -0.3 is 24.1 Å². The van der Waals surface area contributed by atoms with Crippen LogP contribution in [0.3, 0.4) is 0 Å². The number of benzene rings is 3. The molecule has 1 aliphatic heterocycles. The molecule has 1 atom stereocenters. The topological polar surface area (TPSA) is 124 Å². The zero-order chi connectivity index (χ0) is 32.1. The average molecular weight is 629 g/mol. The van der Waals surface area contributed by atoms with Gasteiger partial charge >= 0.3 is 11.9 Å². The number of rotatable bonds is 11. The van der Waals surface area contributed by atoms with Crippen LogP contribution in [0.15, 0.2) is 78.4 Å². The Morgan fingerprint density at radius 3 is 2.47 bits per heavy atom. The molecule has 3 aromatic carbocycles. The maximum Gasteiger partial charge on any atom is 0.350 e. The van der Waals surface area contributed by atoms with Gasteiger partial charge in [0.15, 0.2) is 16.6 Å². The van der Waals surface area contributed by atoms with E-state index in [0.29, 0.717) is 47.3 Å². The molecule has 1 unspecified atom stereocenters. The number of aliphatic hydroxyl groups excluding tert-OH is 1. The number of hydrogen-bond donors (Lipinski definition) is 1. The second-order valence-electron chi connectivity index (χ2n) is 10.1. The highest BCUT2D eigenvalue weighted by atomic mass is 32.1. The molecule has 1 saturated heterocycles. The third-order valence-electron chi connectivity index (χ3n) is 7.13. The number of thiazole rings is 1. The SMILES string of the molecule is CCCOc1cccc(C(O)=C2C(=O)C(=O)N(c3nc(C)c(C(=O)OC)s3)C2c2ccc(OCc3ccccc3)c(OC)c2)c1. The van der Waals surface area contributed by atoms with Gasteiger partial charge in [-0.05, 0) is 48.7 Å². The van der Waals surface area contributed by atoms with Crippen molar-refractivity contribution in [2.75, 3.05) is 25.7 Å². The summed E-state index contributed by atoms with van der Waals surface area (Å²) in [5.74, 6) is -1.51. The minimum Gasteiger partial charge on any atom is -0.507 e. The number of amides is 1. The molecule has 0 radical (unpaired) electrons. The Morgan fingerprint density at radius 2 is 1.76 bits per heavy atom. The monoisotopic (exact) mass is 628 g/mol. The Morgan fingerprint density at radius 1 is 0.978 bits per heavy atom. The van der Waals surface area contributed by atoms with Crippen LogP contribution >= 0.6 is 11.3 Å². The second-order valence-corrected chi connectivity index (χ2v) is 11.1. The number of aromatic nitrogens is 1. The zero-order valence-corrected chi connectivity index (χ0v) is 26.1. The molecule has 45 heavy (non-hydrogen) atoms. The molecule has 4 aromatic rings. The lowest BCUT2D eigenvalue weighted by Crippen LogP contribution is -2.29. The summed E-state index contributed by atoms with van der Waals surface area (Å²) < 4.78 is 22.3. The van der Waals surface area contributed by atoms with Crippen LogP contribution in [0.2, 0.25) is 0 Å². The van der Waals surface area contributed by atoms with Gasteiger partial charge in [-0.25, -0.2) is 9.78 Å². The van der Waals surface area contributed by atoms with Crippen molar-refractivity contribution in [3.63, 3.8) is 0 Å². The third kappa shape index (κ3) is 6.39. The number of ether oxygens (including phenoxy) is 4. The number of carbonyl (C=O) groups is 3. The van der Waals surface area contributed by atoms with Gasteiger partial charge in [0, 0.05) is 5.56 Å². The number of hydrogen-bond acceptors (Lipinski definition) is 10. The first-order valence-corrected chi connectivity index (χ1v) is 15.0. The molecule has 232 valence electrons. The van der Waals surface area contributed by atoms with Crippen molar-refractivity contribution in [3.05, 3.63) is 106 Å². The van der Waals surface area contributed by atoms with E-state index in [0.717, 1.165) is 23.3 Å². The van der Waals surface area contributed by atoms with Gasteiger partial charge in [0.05, 0.1) is 38.1 Å². The number of nitrogens with zero attached hydrogens (tertiary/aromatic N) is 2. The van der Waals surface area contributed by atoms with Gasteiger partial charge in [-0.15, -0.1) is 0 Å². The minimum atomic E-state index is -1.11. The van der Waals surface area contributed by atoms with Crippen LogP contribution in [-0.2, 0) is 20.9 Å². The third-order valence-corrected chi connectivity index (χ3v) is 8.26. The Balaban J connectivity index is 1.63. The van der Waals surface area contributed by atoms with Crippen molar-refractivity contribution in [2.24, 2.45) is 0 Å². The summed E-state index contributed by atoms with van der Waals surface area (Å²) in [6, 6.07) is 20.2. The van der Waals surface area contributed by atoms with Gasteiger partial charge in [-0.1, -0.05) is 66.8 Å². The highest BCUT2D eigenvalue weighted by Crippen LogP contribution is 2.45. The number of ketones is 1. The lowest BCUT2D eigenvalue weighted by Gasteiger charge is -2.24. The fourth-order valence-electron chi connectivity index (χ4n) is 4.93. The molecule has 1 amide bonds.